The van der Waals surface area contributed by atoms with Crippen LogP contribution < -0.4 is 15.9 Å². The predicted molar refractivity (Wildman–Crippen MR) is 106 cm³/mol. The summed E-state index contributed by atoms with van der Waals surface area (Å²) in [4.78, 5) is 30.2. The lowest BCUT2D eigenvalue weighted by Crippen LogP contribution is -2.26. The Balaban J connectivity index is 1.62. The Hall–Kier alpha value is -2.35. The van der Waals surface area contributed by atoms with Crippen LogP contribution in [-0.2, 0) is 6.54 Å². The van der Waals surface area contributed by atoms with E-state index in [9.17, 15) is 9.59 Å². The molecule has 1 aromatic heterocycles. The number of anilines is 2. The summed E-state index contributed by atoms with van der Waals surface area (Å²) in [5, 5.41) is 4.25. The lowest BCUT2D eigenvalue weighted by Gasteiger charge is -2.18. The van der Waals surface area contributed by atoms with Crippen LogP contribution >= 0.6 is 23.1 Å². The van der Waals surface area contributed by atoms with Gasteiger partial charge >= 0.3 is 5.69 Å². The van der Waals surface area contributed by atoms with Crippen molar-refractivity contribution in [3.63, 3.8) is 0 Å². The van der Waals surface area contributed by atoms with E-state index in [2.05, 4.69) is 10.3 Å². The number of hydrogen-bond acceptors (Lipinski definition) is 5. The van der Waals surface area contributed by atoms with Crippen LogP contribution in [0.4, 0.5) is 10.8 Å². The van der Waals surface area contributed by atoms with E-state index in [4.69, 9.17) is 23.2 Å². The number of nitrogens with zero attached hydrogens (tertiary/aromatic N) is 3. The quantitative estimate of drug-likeness (QED) is 0.661. The van der Waals surface area contributed by atoms with Gasteiger partial charge in [-0.25, -0.2) is 8.75 Å². The number of carbonyl (C=O) groups excluding carboxylic acids is 1. The van der Waals surface area contributed by atoms with Crippen LogP contribution in [0.3, 0.4) is 0 Å². The van der Waals surface area contributed by atoms with E-state index in [1.807, 2.05) is 36.2 Å². The molecule has 0 saturated carbocycles. The Bertz CT molecular complexity index is 984. The molecule has 9 heteroatoms. The fraction of sp³-hybridized carbons (Fsp3) is 0.167. The molecular weight excluding hydrogens is 407 g/mol. The topological polar surface area (TPSA) is 67.2 Å². The second-order valence-corrected chi connectivity index (χ2v) is 7.69. The molecule has 0 fully saturated rings. The third-order valence-electron chi connectivity index (χ3n) is 3.85. The Morgan fingerprint density at radius 2 is 1.89 bits per heavy atom. The average molecular weight is 424 g/mol. The highest BCUT2D eigenvalue weighted by molar-refractivity contribution is 7.10. The van der Waals surface area contributed by atoms with Crippen LogP contribution in [-0.4, -0.2) is 28.4 Å². The monoisotopic (exact) mass is 423 g/mol. The summed E-state index contributed by atoms with van der Waals surface area (Å²) < 4.78 is 1.51. The van der Waals surface area contributed by atoms with Crippen molar-refractivity contribution < 1.29 is 16.4 Å². The van der Waals surface area contributed by atoms with Gasteiger partial charge in [-0.2, -0.15) is 4.98 Å². The molecule has 0 aliphatic carbocycles. The summed E-state index contributed by atoms with van der Waals surface area (Å²) >= 11 is 12.0. The minimum absolute atomic E-state index is 0.265. The lowest BCUT2D eigenvalue weighted by molar-refractivity contribution is -0.288. The normalized spacial score (nSPS) is 10.6. The second kappa shape index (κ2) is 8.56. The third-order valence-corrected chi connectivity index (χ3v) is 5.30. The summed E-state index contributed by atoms with van der Waals surface area (Å²) in [6.45, 7) is 1.06. The first-order valence-electron chi connectivity index (χ1n) is 8.05. The number of benzene rings is 2. The van der Waals surface area contributed by atoms with Gasteiger partial charge in [0.05, 0.1) is 6.54 Å². The Morgan fingerprint density at radius 1 is 1.22 bits per heavy atom. The van der Waals surface area contributed by atoms with Crippen molar-refractivity contribution in [3.05, 3.63) is 74.6 Å². The van der Waals surface area contributed by atoms with Crippen molar-refractivity contribution in [2.24, 2.45) is 0 Å². The summed E-state index contributed by atoms with van der Waals surface area (Å²) in [6.07, 6.45) is 0. The number of nitrogens with one attached hydrogen (secondary N) is 1. The number of amides is 1. The first-order valence-corrected chi connectivity index (χ1v) is 9.61. The maximum atomic E-state index is 12.2. The van der Waals surface area contributed by atoms with Gasteiger partial charge in [0.25, 0.3) is 5.91 Å². The maximum Gasteiger partial charge on any atom is 0.359 e. The first-order chi connectivity index (χ1) is 12.9. The van der Waals surface area contributed by atoms with Crippen LogP contribution in [0.25, 0.3) is 0 Å². The molecule has 1 amide bonds. The highest BCUT2D eigenvalue weighted by atomic mass is 35.5. The van der Waals surface area contributed by atoms with E-state index in [0.29, 0.717) is 28.7 Å². The number of aromatic nitrogens is 2. The van der Waals surface area contributed by atoms with Gasteiger partial charge in [0.1, 0.15) is 0 Å². The third kappa shape index (κ3) is 5.09. The molecule has 0 bridgehead atoms. The molecule has 140 valence electrons. The van der Waals surface area contributed by atoms with Gasteiger partial charge in [-0.15, -0.1) is 0 Å². The van der Waals surface area contributed by atoms with E-state index in [-0.39, 0.29) is 16.7 Å². The molecule has 3 rings (SSSR count). The molecular formula is C18H17Cl2N4O2S+. The van der Waals surface area contributed by atoms with Gasteiger partial charge in [-0.05, 0) is 47.9 Å². The smallest absolute Gasteiger partial charge is 0.359 e. The molecule has 27 heavy (non-hydrogen) atoms. The van der Waals surface area contributed by atoms with Crippen LogP contribution in [0.1, 0.15) is 10.4 Å². The summed E-state index contributed by atoms with van der Waals surface area (Å²) in [6, 6.07) is 14.1. The van der Waals surface area contributed by atoms with Crippen molar-refractivity contribution in [3.8, 4) is 0 Å². The van der Waals surface area contributed by atoms with Gasteiger partial charge in [-0.1, -0.05) is 11.6 Å². The lowest BCUT2D eigenvalue weighted by atomic mass is 10.2. The number of halogens is 2. The van der Waals surface area contributed by atoms with Gasteiger partial charge in [0.15, 0.2) is 11.6 Å². The first kappa shape index (κ1) is 19.4. The predicted octanol–water partition coefficient (Wildman–Crippen LogP) is 3.04. The van der Waals surface area contributed by atoms with E-state index < -0.39 is 0 Å². The van der Waals surface area contributed by atoms with Crippen molar-refractivity contribution >= 4 is 39.9 Å². The summed E-state index contributed by atoms with van der Waals surface area (Å²) in [5.41, 5.74) is 1.07. The fourth-order valence-electron chi connectivity index (χ4n) is 2.34. The molecule has 0 aliphatic rings. The highest BCUT2D eigenvalue weighted by Crippen LogP contribution is 2.17. The minimum Gasteiger partial charge on any atom is -0.373 e. The van der Waals surface area contributed by atoms with Crippen molar-refractivity contribution in [1.29, 1.82) is 0 Å². The molecule has 6 nitrogen and oxygen atoms in total. The second-order valence-electron chi connectivity index (χ2n) is 5.77. The number of hydrogen-bond donors (Lipinski definition) is 1. The Kier molecular flexibility index (Phi) is 6.15. The largest absolute Gasteiger partial charge is 0.373 e. The fourth-order valence-corrected chi connectivity index (χ4v) is 3.36. The van der Waals surface area contributed by atoms with Crippen LogP contribution in [0.2, 0.25) is 10.0 Å². The molecule has 2 aromatic carbocycles. The van der Waals surface area contributed by atoms with Crippen LogP contribution in [0.5, 0.6) is 0 Å². The molecule has 0 saturated heterocycles. The summed E-state index contributed by atoms with van der Waals surface area (Å²) in [7, 11) is 1.93. The van der Waals surface area contributed by atoms with Gasteiger partial charge in [0, 0.05) is 42.0 Å². The van der Waals surface area contributed by atoms with Gasteiger partial charge < -0.3 is 4.90 Å². The molecule has 1 N–H and O–H groups in total. The number of carbonyl (C=O) groups is 1. The minimum atomic E-state index is -0.388. The van der Waals surface area contributed by atoms with E-state index in [1.54, 1.807) is 24.3 Å². The Morgan fingerprint density at radius 3 is 2.56 bits per heavy atom. The van der Waals surface area contributed by atoms with E-state index >= 15 is 0 Å². The Labute approximate surface area is 170 Å². The standard InChI is InChI=1S/C18H16Cl2N4O2S/c1-23(15-8-6-14(20)7-9-15)10-11-24-18(26)22-17(27-24)21-16(25)12-2-4-13(19)5-3-12/h2-9,19H,10-11H2,1H3/p+1. The van der Waals surface area contributed by atoms with Crippen molar-refractivity contribution in [1.82, 2.24) is 8.94 Å². The van der Waals surface area contributed by atoms with Crippen molar-refractivity contribution in [2.75, 3.05) is 23.8 Å². The molecule has 0 unspecified atom stereocenters. The number of likely N-dealkylation sites (N-methyl/N-ethyl adjacent to an activating group) is 1. The molecule has 0 spiro atoms. The van der Waals surface area contributed by atoms with Crippen molar-refractivity contribution in [2.45, 2.75) is 6.54 Å². The highest BCUT2D eigenvalue weighted by Gasteiger charge is 2.12. The molecule has 3 aromatic rings. The van der Waals surface area contributed by atoms with E-state index in [0.717, 1.165) is 17.2 Å². The zero-order valence-electron chi connectivity index (χ0n) is 14.4. The van der Waals surface area contributed by atoms with Crippen LogP contribution in [0.15, 0.2) is 53.3 Å². The van der Waals surface area contributed by atoms with Crippen LogP contribution in [0, 0.1) is 11.6 Å². The molecule has 0 aliphatic heterocycles. The zero-order valence-corrected chi connectivity index (χ0v) is 16.8. The maximum absolute atomic E-state index is 12.2. The molecule has 0 atom stereocenters. The zero-order chi connectivity index (χ0) is 19.4. The van der Waals surface area contributed by atoms with Gasteiger partial charge in [-0.3, -0.25) is 10.1 Å². The molecule has 1 heterocycles. The number of rotatable bonds is 6. The SMILES string of the molecule is CN(CCn1sc(NC(=O)c2ccc([ClH+])cc2)nc1=O)c1ccc(Cl)cc1. The van der Waals surface area contributed by atoms with E-state index in [1.165, 1.54) is 3.96 Å². The summed E-state index contributed by atoms with van der Waals surface area (Å²) in [5.74, 6) is -0.329. The van der Waals surface area contributed by atoms with Gasteiger partial charge in [0.2, 0.25) is 10.2 Å². The average Bonchev–Trinajstić information content (AvgIpc) is 3.00. The molecule has 0 radical (unpaired) electrons.